The van der Waals surface area contributed by atoms with Crippen LogP contribution in [0, 0.1) is 0 Å². The predicted octanol–water partition coefficient (Wildman–Crippen LogP) is 2.66. The second kappa shape index (κ2) is 5.84. The maximum atomic E-state index is 11.5. The monoisotopic (exact) mass is 289 g/mol. The van der Waals surface area contributed by atoms with E-state index in [2.05, 4.69) is 0 Å². The van der Waals surface area contributed by atoms with Crippen LogP contribution in [0.3, 0.4) is 0 Å². The Kier molecular flexibility index (Phi) is 4.15. The van der Waals surface area contributed by atoms with Crippen molar-refractivity contribution in [3.63, 3.8) is 0 Å². The zero-order valence-electron chi connectivity index (χ0n) is 11.1. The van der Waals surface area contributed by atoms with Crippen LogP contribution in [0.15, 0.2) is 42.5 Å². The molecule has 2 aromatic rings. The molecule has 2 rings (SSSR count). The first-order valence-corrected chi connectivity index (χ1v) is 6.50. The highest BCUT2D eigenvalue weighted by Crippen LogP contribution is 2.25. The lowest BCUT2D eigenvalue weighted by atomic mass is 10.1. The van der Waals surface area contributed by atoms with E-state index in [1.165, 1.54) is 0 Å². The standard InChI is InChI=1S/C15H16ClN3O/c1-19(9-10-4-2-3-5-13(10)16)14-8-11(17)6-7-12(14)15(18)20/h2-8H,9,17H2,1H3,(H2,18,20). The van der Waals surface area contributed by atoms with Crippen molar-refractivity contribution in [2.45, 2.75) is 6.54 Å². The first-order chi connectivity index (χ1) is 9.49. The Morgan fingerprint density at radius 1 is 1.25 bits per heavy atom. The number of anilines is 2. The van der Waals surface area contributed by atoms with Crippen molar-refractivity contribution < 1.29 is 4.79 Å². The third-order valence-electron chi connectivity index (χ3n) is 3.06. The van der Waals surface area contributed by atoms with E-state index in [0.717, 1.165) is 5.56 Å². The number of rotatable bonds is 4. The van der Waals surface area contributed by atoms with Gasteiger partial charge in [0.25, 0.3) is 5.91 Å². The molecule has 0 aromatic heterocycles. The fraction of sp³-hybridized carbons (Fsp3) is 0.133. The van der Waals surface area contributed by atoms with E-state index in [1.54, 1.807) is 18.2 Å². The zero-order valence-corrected chi connectivity index (χ0v) is 11.9. The van der Waals surface area contributed by atoms with Crippen LogP contribution in [0.1, 0.15) is 15.9 Å². The van der Waals surface area contributed by atoms with Crippen LogP contribution < -0.4 is 16.4 Å². The first kappa shape index (κ1) is 14.2. The summed E-state index contributed by atoms with van der Waals surface area (Å²) in [5.41, 5.74) is 13.9. The highest BCUT2D eigenvalue weighted by molar-refractivity contribution is 6.31. The molecule has 0 saturated heterocycles. The van der Waals surface area contributed by atoms with Gasteiger partial charge in [-0.1, -0.05) is 29.8 Å². The minimum atomic E-state index is -0.481. The molecular formula is C15H16ClN3O. The molecular weight excluding hydrogens is 274 g/mol. The summed E-state index contributed by atoms with van der Waals surface area (Å²) in [6, 6.07) is 12.6. The van der Waals surface area contributed by atoms with Gasteiger partial charge in [-0.2, -0.15) is 0 Å². The van der Waals surface area contributed by atoms with Crippen LogP contribution in [0.2, 0.25) is 5.02 Å². The van der Waals surface area contributed by atoms with Crippen molar-refractivity contribution in [3.8, 4) is 0 Å². The van der Waals surface area contributed by atoms with Gasteiger partial charge in [-0.05, 0) is 29.8 Å². The molecule has 0 spiro atoms. The van der Waals surface area contributed by atoms with E-state index in [1.807, 2.05) is 36.2 Å². The van der Waals surface area contributed by atoms with Gasteiger partial charge in [0.2, 0.25) is 0 Å². The lowest BCUT2D eigenvalue weighted by Gasteiger charge is -2.22. The van der Waals surface area contributed by atoms with Crippen LogP contribution in [-0.4, -0.2) is 13.0 Å². The van der Waals surface area contributed by atoms with Gasteiger partial charge in [0.1, 0.15) is 0 Å². The number of nitrogens with zero attached hydrogens (tertiary/aromatic N) is 1. The molecule has 0 aliphatic rings. The van der Waals surface area contributed by atoms with Crippen LogP contribution in [0.4, 0.5) is 11.4 Å². The van der Waals surface area contributed by atoms with Gasteiger partial charge in [-0.15, -0.1) is 0 Å². The van der Waals surface area contributed by atoms with Crippen molar-refractivity contribution >= 4 is 28.9 Å². The van der Waals surface area contributed by atoms with E-state index >= 15 is 0 Å². The predicted molar refractivity (Wildman–Crippen MR) is 82.9 cm³/mol. The SMILES string of the molecule is CN(Cc1ccccc1Cl)c1cc(N)ccc1C(N)=O. The molecule has 0 atom stereocenters. The van der Waals surface area contributed by atoms with E-state index in [9.17, 15) is 4.79 Å². The molecule has 0 saturated carbocycles. The van der Waals surface area contributed by atoms with Crippen LogP contribution in [0.5, 0.6) is 0 Å². The quantitative estimate of drug-likeness (QED) is 0.850. The topological polar surface area (TPSA) is 72.3 Å². The van der Waals surface area contributed by atoms with Crippen molar-refractivity contribution in [2.24, 2.45) is 5.73 Å². The lowest BCUT2D eigenvalue weighted by molar-refractivity contribution is 0.100. The molecule has 4 N–H and O–H groups in total. The molecule has 5 heteroatoms. The number of halogens is 1. The Morgan fingerprint density at radius 2 is 1.95 bits per heavy atom. The number of nitrogen functional groups attached to an aromatic ring is 1. The minimum absolute atomic E-state index is 0.439. The normalized spacial score (nSPS) is 10.3. The van der Waals surface area contributed by atoms with Gasteiger partial charge in [0.15, 0.2) is 0 Å². The maximum absolute atomic E-state index is 11.5. The maximum Gasteiger partial charge on any atom is 0.250 e. The number of primary amides is 1. The molecule has 0 fully saturated rings. The van der Waals surface area contributed by atoms with Crippen molar-refractivity contribution in [1.82, 2.24) is 0 Å². The summed E-state index contributed by atoms with van der Waals surface area (Å²) in [4.78, 5) is 13.4. The van der Waals surface area contributed by atoms with Crippen molar-refractivity contribution in [3.05, 3.63) is 58.6 Å². The number of carbonyl (C=O) groups is 1. The number of benzene rings is 2. The Hall–Kier alpha value is -2.20. The summed E-state index contributed by atoms with van der Waals surface area (Å²) < 4.78 is 0. The van der Waals surface area contributed by atoms with Gasteiger partial charge in [-0.3, -0.25) is 4.79 Å². The molecule has 2 aromatic carbocycles. The molecule has 0 unspecified atom stereocenters. The molecule has 1 amide bonds. The summed E-state index contributed by atoms with van der Waals surface area (Å²) >= 11 is 6.15. The average Bonchev–Trinajstić information content (AvgIpc) is 2.40. The van der Waals surface area contributed by atoms with E-state index in [4.69, 9.17) is 23.1 Å². The Labute approximate surface area is 122 Å². The van der Waals surface area contributed by atoms with Crippen LogP contribution in [0.25, 0.3) is 0 Å². The van der Waals surface area contributed by atoms with E-state index in [0.29, 0.717) is 28.5 Å². The Morgan fingerprint density at radius 3 is 2.60 bits per heavy atom. The summed E-state index contributed by atoms with van der Waals surface area (Å²) in [5.74, 6) is -0.481. The molecule has 104 valence electrons. The summed E-state index contributed by atoms with van der Waals surface area (Å²) in [6.07, 6.45) is 0. The Balaban J connectivity index is 2.34. The molecule has 0 aliphatic carbocycles. The second-order valence-corrected chi connectivity index (χ2v) is 5.00. The highest BCUT2D eigenvalue weighted by Gasteiger charge is 2.13. The summed E-state index contributed by atoms with van der Waals surface area (Å²) in [5, 5.41) is 0.684. The lowest BCUT2D eigenvalue weighted by Crippen LogP contribution is -2.22. The number of carbonyl (C=O) groups excluding carboxylic acids is 1. The highest BCUT2D eigenvalue weighted by atomic mass is 35.5. The average molecular weight is 290 g/mol. The molecule has 0 heterocycles. The number of hydrogen-bond donors (Lipinski definition) is 2. The van der Waals surface area contributed by atoms with Crippen molar-refractivity contribution in [1.29, 1.82) is 0 Å². The second-order valence-electron chi connectivity index (χ2n) is 4.59. The molecule has 0 radical (unpaired) electrons. The molecule has 0 aliphatic heterocycles. The van der Waals surface area contributed by atoms with Gasteiger partial charge in [0, 0.05) is 24.3 Å². The molecule has 4 nitrogen and oxygen atoms in total. The number of hydrogen-bond acceptors (Lipinski definition) is 3. The van der Waals surface area contributed by atoms with Gasteiger partial charge < -0.3 is 16.4 Å². The van der Waals surface area contributed by atoms with Gasteiger partial charge in [-0.25, -0.2) is 0 Å². The fourth-order valence-electron chi connectivity index (χ4n) is 2.04. The molecule has 0 bridgehead atoms. The van der Waals surface area contributed by atoms with Crippen molar-refractivity contribution in [2.75, 3.05) is 17.7 Å². The van der Waals surface area contributed by atoms with E-state index in [-0.39, 0.29) is 0 Å². The van der Waals surface area contributed by atoms with E-state index < -0.39 is 5.91 Å². The fourth-order valence-corrected chi connectivity index (χ4v) is 2.24. The third kappa shape index (κ3) is 3.03. The van der Waals surface area contributed by atoms with Crippen LogP contribution >= 0.6 is 11.6 Å². The summed E-state index contributed by atoms with van der Waals surface area (Å²) in [7, 11) is 1.87. The van der Waals surface area contributed by atoms with Crippen LogP contribution in [-0.2, 0) is 6.54 Å². The number of amides is 1. The smallest absolute Gasteiger partial charge is 0.250 e. The van der Waals surface area contributed by atoms with Gasteiger partial charge >= 0.3 is 0 Å². The largest absolute Gasteiger partial charge is 0.399 e. The first-order valence-electron chi connectivity index (χ1n) is 6.13. The third-order valence-corrected chi connectivity index (χ3v) is 3.43. The van der Waals surface area contributed by atoms with Gasteiger partial charge in [0.05, 0.1) is 11.3 Å². The Bertz CT molecular complexity index is 643. The minimum Gasteiger partial charge on any atom is -0.399 e. The number of nitrogens with two attached hydrogens (primary N) is 2. The zero-order chi connectivity index (χ0) is 14.7. The summed E-state index contributed by atoms with van der Waals surface area (Å²) in [6.45, 7) is 0.559. The molecule has 20 heavy (non-hydrogen) atoms.